The van der Waals surface area contributed by atoms with Gasteiger partial charge in [0, 0.05) is 5.69 Å². The summed E-state index contributed by atoms with van der Waals surface area (Å²) < 4.78 is 19.3. The second-order valence-corrected chi connectivity index (χ2v) is 5.27. The third kappa shape index (κ3) is 3.93. The number of hydrogen-bond donors (Lipinski definition) is 2. The first-order valence-electron chi connectivity index (χ1n) is 7.07. The topological polar surface area (TPSA) is 64.3 Å². The molecule has 0 radical (unpaired) electrons. The van der Waals surface area contributed by atoms with Crippen molar-refractivity contribution in [2.24, 2.45) is 0 Å². The van der Waals surface area contributed by atoms with Crippen molar-refractivity contribution < 1.29 is 13.9 Å². The molecule has 5 heteroatoms. The van der Waals surface area contributed by atoms with Gasteiger partial charge in [-0.3, -0.25) is 4.79 Å². The van der Waals surface area contributed by atoms with Crippen LogP contribution in [-0.4, -0.2) is 18.1 Å². The number of carbonyl (C=O) groups is 1. The number of nitrogen functional groups attached to an aromatic ring is 1. The van der Waals surface area contributed by atoms with Gasteiger partial charge in [0.1, 0.15) is 11.9 Å². The molecule has 0 spiro atoms. The van der Waals surface area contributed by atoms with Gasteiger partial charge >= 0.3 is 0 Å². The Balaban J connectivity index is 1.91. The van der Waals surface area contributed by atoms with Crippen LogP contribution in [0.2, 0.25) is 0 Å². The quantitative estimate of drug-likeness (QED) is 0.833. The maximum atomic E-state index is 13.5. The first kappa shape index (κ1) is 14.8. The molecule has 1 fully saturated rings. The SMILES string of the molecule is CC(OC1CCCCC1)C(=O)Nc1cc(N)ccc1F. The molecule has 1 aromatic rings. The van der Waals surface area contributed by atoms with E-state index in [1.54, 1.807) is 6.92 Å². The van der Waals surface area contributed by atoms with Crippen LogP contribution < -0.4 is 11.1 Å². The lowest BCUT2D eigenvalue weighted by Crippen LogP contribution is -2.32. The van der Waals surface area contributed by atoms with Gasteiger partial charge in [-0.25, -0.2) is 4.39 Å². The first-order valence-corrected chi connectivity index (χ1v) is 7.07. The zero-order valence-corrected chi connectivity index (χ0v) is 11.7. The molecule has 1 unspecified atom stereocenters. The summed E-state index contributed by atoms with van der Waals surface area (Å²) >= 11 is 0. The maximum Gasteiger partial charge on any atom is 0.253 e. The molecule has 0 aliphatic heterocycles. The standard InChI is InChI=1S/C15H21FN2O2/c1-10(20-12-5-3-2-4-6-12)15(19)18-14-9-11(17)7-8-13(14)16/h7-10,12H,2-6,17H2,1H3,(H,18,19). The predicted molar refractivity (Wildman–Crippen MR) is 76.9 cm³/mol. The zero-order valence-electron chi connectivity index (χ0n) is 11.7. The molecule has 1 aliphatic carbocycles. The molecule has 3 N–H and O–H groups in total. The third-order valence-corrected chi connectivity index (χ3v) is 3.57. The van der Waals surface area contributed by atoms with Crippen LogP contribution in [-0.2, 0) is 9.53 Å². The molecule has 1 aliphatic rings. The number of rotatable bonds is 4. The van der Waals surface area contributed by atoms with Gasteiger partial charge in [-0.2, -0.15) is 0 Å². The lowest BCUT2D eigenvalue weighted by atomic mass is 9.97. The molecule has 1 amide bonds. The molecular formula is C15H21FN2O2. The maximum absolute atomic E-state index is 13.5. The first-order chi connectivity index (χ1) is 9.56. The molecule has 0 heterocycles. The highest BCUT2D eigenvalue weighted by Crippen LogP contribution is 2.22. The van der Waals surface area contributed by atoms with Crippen LogP contribution in [0.3, 0.4) is 0 Å². The lowest BCUT2D eigenvalue weighted by molar-refractivity contribution is -0.131. The van der Waals surface area contributed by atoms with Crippen molar-refractivity contribution in [2.45, 2.75) is 51.2 Å². The van der Waals surface area contributed by atoms with E-state index in [4.69, 9.17) is 10.5 Å². The normalized spacial score (nSPS) is 17.7. The van der Waals surface area contributed by atoms with Crippen LogP contribution in [0, 0.1) is 5.82 Å². The fourth-order valence-corrected chi connectivity index (χ4v) is 2.42. The van der Waals surface area contributed by atoms with E-state index in [-0.39, 0.29) is 17.7 Å². The van der Waals surface area contributed by atoms with Crippen molar-refractivity contribution >= 4 is 17.3 Å². The molecule has 1 aromatic carbocycles. The number of amides is 1. The average molecular weight is 280 g/mol. The number of benzene rings is 1. The van der Waals surface area contributed by atoms with Crippen LogP contribution in [0.4, 0.5) is 15.8 Å². The van der Waals surface area contributed by atoms with Crippen LogP contribution in [0.1, 0.15) is 39.0 Å². The molecule has 0 bridgehead atoms. The fourth-order valence-electron chi connectivity index (χ4n) is 2.42. The van der Waals surface area contributed by atoms with Crippen molar-refractivity contribution in [2.75, 3.05) is 11.1 Å². The Morgan fingerprint density at radius 3 is 2.80 bits per heavy atom. The number of ether oxygens (including phenoxy) is 1. The molecule has 110 valence electrons. The predicted octanol–water partition coefficient (Wildman–Crippen LogP) is 3.08. The summed E-state index contributed by atoms with van der Waals surface area (Å²) in [5.74, 6) is -0.850. The van der Waals surface area contributed by atoms with Crippen molar-refractivity contribution in [3.63, 3.8) is 0 Å². The summed E-state index contributed by atoms with van der Waals surface area (Å²) in [4.78, 5) is 12.0. The summed E-state index contributed by atoms with van der Waals surface area (Å²) in [6, 6.07) is 4.09. The highest BCUT2D eigenvalue weighted by molar-refractivity contribution is 5.94. The van der Waals surface area contributed by atoms with Crippen LogP contribution in [0.5, 0.6) is 0 Å². The van der Waals surface area contributed by atoms with E-state index in [0.717, 1.165) is 25.7 Å². The highest BCUT2D eigenvalue weighted by atomic mass is 19.1. The molecule has 1 atom stereocenters. The Morgan fingerprint density at radius 2 is 2.10 bits per heavy atom. The molecular weight excluding hydrogens is 259 g/mol. The van der Waals surface area contributed by atoms with Gasteiger partial charge in [0.05, 0.1) is 11.8 Å². The van der Waals surface area contributed by atoms with E-state index in [1.807, 2.05) is 0 Å². The second-order valence-electron chi connectivity index (χ2n) is 5.27. The summed E-state index contributed by atoms with van der Waals surface area (Å²) in [5, 5.41) is 2.52. The van der Waals surface area contributed by atoms with E-state index >= 15 is 0 Å². The largest absolute Gasteiger partial charge is 0.399 e. The minimum absolute atomic E-state index is 0.0918. The van der Waals surface area contributed by atoms with Gasteiger partial charge < -0.3 is 15.8 Å². The van der Waals surface area contributed by atoms with E-state index in [9.17, 15) is 9.18 Å². The minimum Gasteiger partial charge on any atom is -0.399 e. The van der Waals surface area contributed by atoms with Gasteiger partial charge in [-0.05, 0) is 38.0 Å². The zero-order chi connectivity index (χ0) is 14.5. The van der Waals surface area contributed by atoms with Gasteiger partial charge in [0.2, 0.25) is 0 Å². The molecule has 2 rings (SSSR count). The Morgan fingerprint density at radius 1 is 1.40 bits per heavy atom. The van der Waals surface area contributed by atoms with Gasteiger partial charge in [0.15, 0.2) is 0 Å². The molecule has 1 saturated carbocycles. The Labute approximate surface area is 118 Å². The van der Waals surface area contributed by atoms with Gasteiger partial charge in [-0.1, -0.05) is 19.3 Å². The number of nitrogens with two attached hydrogens (primary N) is 1. The number of halogens is 1. The number of hydrogen-bond acceptors (Lipinski definition) is 3. The number of nitrogens with one attached hydrogen (secondary N) is 1. The number of carbonyl (C=O) groups excluding carboxylic acids is 1. The van der Waals surface area contributed by atoms with E-state index < -0.39 is 11.9 Å². The summed E-state index contributed by atoms with van der Waals surface area (Å²) in [6.07, 6.45) is 5.03. The van der Waals surface area contributed by atoms with E-state index in [1.165, 1.54) is 24.6 Å². The number of anilines is 2. The molecule has 0 saturated heterocycles. The van der Waals surface area contributed by atoms with Gasteiger partial charge in [0.25, 0.3) is 5.91 Å². The molecule has 0 aromatic heterocycles. The van der Waals surface area contributed by atoms with Crippen molar-refractivity contribution in [3.8, 4) is 0 Å². The lowest BCUT2D eigenvalue weighted by Gasteiger charge is -2.25. The average Bonchev–Trinajstić information content (AvgIpc) is 2.44. The van der Waals surface area contributed by atoms with Crippen LogP contribution in [0.25, 0.3) is 0 Å². The summed E-state index contributed by atoms with van der Waals surface area (Å²) in [5.41, 5.74) is 6.08. The third-order valence-electron chi connectivity index (χ3n) is 3.57. The van der Waals surface area contributed by atoms with Crippen molar-refractivity contribution in [1.82, 2.24) is 0 Å². The van der Waals surface area contributed by atoms with Crippen LogP contribution >= 0.6 is 0 Å². The van der Waals surface area contributed by atoms with Crippen molar-refractivity contribution in [3.05, 3.63) is 24.0 Å². The van der Waals surface area contributed by atoms with Crippen LogP contribution in [0.15, 0.2) is 18.2 Å². The summed E-state index contributed by atoms with van der Waals surface area (Å²) in [7, 11) is 0. The minimum atomic E-state index is -0.598. The molecule has 4 nitrogen and oxygen atoms in total. The van der Waals surface area contributed by atoms with E-state index in [2.05, 4.69) is 5.32 Å². The second kappa shape index (κ2) is 6.70. The Hall–Kier alpha value is -1.62. The van der Waals surface area contributed by atoms with E-state index in [0.29, 0.717) is 5.69 Å². The van der Waals surface area contributed by atoms with Gasteiger partial charge in [-0.15, -0.1) is 0 Å². The summed E-state index contributed by atoms with van der Waals surface area (Å²) in [6.45, 7) is 1.69. The Bertz CT molecular complexity index is 473. The molecule has 20 heavy (non-hydrogen) atoms. The smallest absolute Gasteiger partial charge is 0.253 e. The fraction of sp³-hybridized carbons (Fsp3) is 0.533. The van der Waals surface area contributed by atoms with Crippen molar-refractivity contribution in [1.29, 1.82) is 0 Å². The Kier molecular flexibility index (Phi) is 4.95. The highest BCUT2D eigenvalue weighted by Gasteiger charge is 2.21. The monoisotopic (exact) mass is 280 g/mol.